The van der Waals surface area contributed by atoms with Gasteiger partial charge in [-0.3, -0.25) is 14.6 Å². The molecular formula is C25H23F3N4O3. The highest BCUT2D eigenvalue weighted by atomic mass is 19.4. The molecule has 0 spiro atoms. The van der Waals surface area contributed by atoms with Crippen LogP contribution in [0.1, 0.15) is 53.5 Å². The number of benzene rings is 1. The number of amides is 2. The summed E-state index contributed by atoms with van der Waals surface area (Å²) in [6.45, 7) is 1.38. The number of nitrogens with one attached hydrogen (secondary N) is 1. The van der Waals surface area contributed by atoms with Crippen molar-refractivity contribution < 1.29 is 27.2 Å². The Kier molecular flexibility index (Phi) is 6.04. The normalized spacial score (nSPS) is 16.8. The van der Waals surface area contributed by atoms with Crippen LogP contribution in [0, 0.1) is 5.92 Å². The first-order valence-electron chi connectivity index (χ1n) is 11.5. The molecule has 0 atom stereocenters. The minimum Gasteiger partial charge on any atom is -0.431 e. The number of oxazole rings is 1. The van der Waals surface area contributed by atoms with Crippen LogP contribution in [-0.4, -0.2) is 39.8 Å². The summed E-state index contributed by atoms with van der Waals surface area (Å²) >= 11 is 0. The highest BCUT2D eigenvalue weighted by Crippen LogP contribution is 2.36. The van der Waals surface area contributed by atoms with Crippen LogP contribution < -0.4 is 5.32 Å². The molecule has 7 nitrogen and oxygen atoms in total. The number of piperidine rings is 1. The molecule has 10 heteroatoms. The number of rotatable bonds is 5. The Morgan fingerprint density at radius 3 is 2.31 bits per heavy atom. The number of pyridine rings is 1. The fourth-order valence-electron chi connectivity index (χ4n) is 4.27. The van der Waals surface area contributed by atoms with Gasteiger partial charge in [0.1, 0.15) is 0 Å². The molecule has 35 heavy (non-hydrogen) atoms. The molecule has 2 fully saturated rings. The average Bonchev–Trinajstić information content (AvgIpc) is 3.61. The lowest BCUT2D eigenvalue weighted by molar-refractivity contribution is -0.153. The monoisotopic (exact) mass is 484 g/mol. The van der Waals surface area contributed by atoms with Crippen LogP contribution in [0.4, 0.5) is 18.9 Å². The van der Waals surface area contributed by atoms with Gasteiger partial charge in [0, 0.05) is 36.2 Å². The van der Waals surface area contributed by atoms with E-state index in [1.54, 1.807) is 42.5 Å². The molecule has 0 bridgehead atoms. The van der Waals surface area contributed by atoms with E-state index in [1.165, 1.54) is 6.20 Å². The van der Waals surface area contributed by atoms with E-state index in [2.05, 4.69) is 15.3 Å². The van der Waals surface area contributed by atoms with Crippen LogP contribution in [0.2, 0.25) is 0 Å². The Hall–Kier alpha value is -3.69. The summed E-state index contributed by atoms with van der Waals surface area (Å²) in [5.41, 5.74) is 0.559. The van der Waals surface area contributed by atoms with E-state index < -0.39 is 23.5 Å². The maximum absolute atomic E-state index is 13.5. The third kappa shape index (κ3) is 5.06. The Morgan fingerprint density at radius 2 is 1.71 bits per heavy atom. The van der Waals surface area contributed by atoms with Crippen molar-refractivity contribution in [1.82, 2.24) is 14.9 Å². The van der Waals surface area contributed by atoms with Crippen LogP contribution in [-0.2, 0) is 11.0 Å². The van der Waals surface area contributed by atoms with Gasteiger partial charge in [0.25, 0.3) is 5.91 Å². The summed E-state index contributed by atoms with van der Waals surface area (Å²) in [5, 5.41) is 2.43. The summed E-state index contributed by atoms with van der Waals surface area (Å²) in [6, 6.07) is 11.4. The van der Waals surface area contributed by atoms with Crippen LogP contribution in [0.25, 0.3) is 11.5 Å². The molecule has 1 saturated carbocycles. The minimum absolute atomic E-state index is 0.184. The number of carbonyl (C=O) groups is 2. The Bertz CT molecular complexity index is 1210. The summed E-state index contributed by atoms with van der Waals surface area (Å²) in [7, 11) is 0. The number of nitrogens with zero attached hydrogens (tertiary/aromatic N) is 3. The number of carbonyl (C=O) groups excluding carboxylic acids is 2. The molecule has 1 aromatic carbocycles. The maximum Gasteiger partial charge on any atom is 0.452 e. The highest BCUT2D eigenvalue weighted by Gasteiger charge is 2.42. The van der Waals surface area contributed by atoms with Crippen molar-refractivity contribution in [2.45, 2.75) is 37.8 Å². The molecule has 1 aliphatic carbocycles. The number of aromatic nitrogens is 2. The van der Waals surface area contributed by atoms with Gasteiger partial charge in [-0.1, -0.05) is 18.2 Å². The number of anilines is 1. The van der Waals surface area contributed by atoms with Crippen LogP contribution in [0.5, 0.6) is 0 Å². The minimum atomic E-state index is -4.88. The summed E-state index contributed by atoms with van der Waals surface area (Å²) in [5.74, 6) is -2.14. The lowest BCUT2D eigenvalue weighted by atomic mass is 9.93. The van der Waals surface area contributed by atoms with E-state index in [0.717, 1.165) is 31.4 Å². The SMILES string of the molecule is O=C(Nc1ccc(C2CCN(C(=O)C3CC3)CC2)nc1)c1nc(-c2ccccc2)oc1C(F)(F)F. The predicted octanol–water partition coefficient (Wildman–Crippen LogP) is 5.12. The molecule has 3 heterocycles. The molecule has 1 N–H and O–H groups in total. The van der Waals surface area contributed by atoms with E-state index in [1.807, 2.05) is 4.90 Å². The van der Waals surface area contributed by atoms with E-state index in [9.17, 15) is 22.8 Å². The van der Waals surface area contributed by atoms with Gasteiger partial charge in [0.2, 0.25) is 17.6 Å². The van der Waals surface area contributed by atoms with Crippen LogP contribution >= 0.6 is 0 Å². The first kappa shape index (κ1) is 23.1. The van der Waals surface area contributed by atoms with E-state index in [0.29, 0.717) is 18.7 Å². The molecule has 0 unspecified atom stereocenters. The largest absolute Gasteiger partial charge is 0.452 e. The third-order valence-corrected chi connectivity index (χ3v) is 6.32. The topological polar surface area (TPSA) is 88.3 Å². The highest BCUT2D eigenvalue weighted by molar-refractivity contribution is 6.03. The van der Waals surface area contributed by atoms with Crippen molar-refractivity contribution in [3.8, 4) is 11.5 Å². The van der Waals surface area contributed by atoms with Crippen molar-refractivity contribution >= 4 is 17.5 Å². The number of alkyl halides is 3. The second-order valence-electron chi connectivity index (χ2n) is 8.86. The molecule has 0 radical (unpaired) electrons. The number of hydrogen-bond donors (Lipinski definition) is 1. The first-order valence-corrected chi connectivity index (χ1v) is 11.5. The van der Waals surface area contributed by atoms with Gasteiger partial charge in [-0.15, -0.1) is 0 Å². The molecule has 1 aliphatic heterocycles. The van der Waals surface area contributed by atoms with E-state index in [4.69, 9.17) is 4.42 Å². The van der Waals surface area contributed by atoms with Gasteiger partial charge in [-0.05, 0) is 49.9 Å². The van der Waals surface area contributed by atoms with Gasteiger partial charge in [0.15, 0.2) is 5.69 Å². The third-order valence-electron chi connectivity index (χ3n) is 6.32. The summed E-state index contributed by atoms with van der Waals surface area (Å²) in [6.07, 6.45) is 0.103. The molecule has 1 saturated heterocycles. The molecular weight excluding hydrogens is 461 g/mol. The molecule has 182 valence electrons. The number of halogens is 3. The van der Waals surface area contributed by atoms with Crippen LogP contribution in [0.15, 0.2) is 53.1 Å². The second kappa shape index (κ2) is 9.16. The molecule has 5 rings (SSSR count). The lowest BCUT2D eigenvalue weighted by Crippen LogP contribution is -2.38. The fourth-order valence-corrected chi connectivity index (χ4v) is 4.27. The van der Waals surface area contributed by atoms with Crippen molar-refractivity contribution in [3.05, 3.63) is 65.8 Å². The number of likely N-dealkylation sites (tertiary alicyclic amines) is 1. The van der Waals surface area contributed by atoms with Gasteiger partial charge < -0.3 is 14.6 Å². The van der Waals surface area contributed by atoms with Gasteiger partial charge in [-0.25, -0.2) is 4.98 Å². The number of hydrogen-bond acceptors (Lipinski definition) is 5. The van der Waals surface area contributed by atoms with Crippen molar-refractivity contribution in [1.29, 1.82) is 0 Å². The van der Waals surface area contributed by atoms with Crippen molar-refractivity contribution in [2.24, 2.45) is 5.92 Å². The lowest BCUT2D eigenvalue weighted by Gasteiger charge is -2.32. The second-order valence-corrected chi connectivity index (χ2v) is 8.86. The average molecular weight is 484 g/mol. The van der Waals surface area contributed by atoms with Crippen LogP contribution in [0.3, 0.4) is 0 Å². The zero-order valence-electron chi connectivity index (χ0n) is 18.7. The molecule has 2 amide bonds. The standard InChI is InChI=1S/C25H23F3N4O3/c26-25(27,28)21-20(31-23(35-21)16-4-2-1-3-5-16)22(33)30-18-8-9-19(29-14-18)15-10-12-32(13-11-15)24(34)17-6-7-17/h1-5,8-9,14-15,17H,6-7,10-13H2,(H,30,33). The quantitative estimate of drug-likeness (QED) is 0.543. The molecule has 3 aromatic rings. The Morgan fingerprint density at radius 1 is 1.00 bits per heavy atom. The Balaban J connectivity index is 1.26. The smallest absolute Gasteiger partial charge is 0.431 e. The Labute approximate surface area is 199 Å². The van der Waals surface area contributed by atoms with Crippen molar-refractivity contribution in [2.75, 3.05) is 18.4 Å². The predicted molar refractivity (Wildman–Crippen MR) is 120 cm³/mol. The zero-order chi connectivity index (χ0) is 24.6. The van der Waals surface area contributed by atoms with Gasteiger partial charge in [-0.2, -0.15) is 13.2 Å². The fraction of sp³-hybridized carbons (Fsp3) is 0.360. The molecule has 2 aliphatic rings. The maximum atomic E-state index is 13.5. The summed E-state index contributed by atoms with van der Waals surface area (Å²) in [4.78, 5) is 35.0. The van der Waals surface area contributed by atoms with E-state index in [-0.39, 0.29) is 29.3 Å². The van der Waals surface area contributed by atoms with Crippen molar-refractivity contribution in [3.63, 3.8) is 0 Å². The van der Waals surface area contributed by atoms with E-state index >= 15 is 0 Å². The molecule has 2 aromatic heterocycles. The van der Waals surface area contributed by atoms with Gasteiger partial charge in [0.05, 0.1) is 11.9 Å². The first-order chi connectivity index (χ1) is 16.8. The van der Waals surface area contributed by atoms with Gasteiger partial charge >= 0.3 is 6.18 Å². The summed E-state index contributed by atoms with van der Waals surface area (Å²) < 4.78 is 45.5. The zero-order valence-corrected chi connectivity index (χ0v) is 18.7.